The van der Waals surface area contributed by atoms with Crippen LogP contribution in [0.2, 0.25) is 0 Å². The van der Waals surface area contributed by atoms with Gasteiger partial charge in [0.1, 0.15) is 34.7 Å². The van der Waals surface area contributed by atoms with Crippen molar-refractivity contribution in [3.8, 4) is 29.1 Å². The van der Waals surface area contributed by atoms with Gasteiger partial charge in [0.05, 0.1) is 28.8 Å². The molecule has 0 bridgehead atoms. The van der Waals surface area contributed by atoms with Crippen molar-refractivity contribution >= 4 is 43.2 Å². The van der Waals surface area contributed by atoms with Crippen LogP contribution in [0.5, 0.6) is 11.9 Å². The van der Waals surface area contributed by atoms with Crippen molar-refractivity contribution in [3.05, 3.63) is 54.6 Å². The highest BCUT2D eigenvalue weighted by atomic mass is 32.1. The summed E-state index contributed by atoms with van der Waals surface area (Å²) in [4.78, 5) is 24.4. The van der Waals surface area contributed by atoms with Gasteiger partial charge in [-0.1, -0.05) is 12.1 Å². The first-order valence-electron chi connectivity index (χ1n) is 15.4. The number of hydrogen-bond donors (Lipinski definition) is 1. The summed E-state index contributed by atoms with van der Waals surface area (Å²) in [6, 6.07) is 8.09. The summed E-state index contributed by atoms with van der Waals surface area (Å²) in [7, 11) is 1.36. The predicted octanol–water partition coefficient (Wildman–Crippen LogP) is 6.64. The van der Waals surface area contributed by atoms with Gasteiger partial charge in [0.15, 0.2) is 5.82 Å². The highest BCUT2D eigenvalue weighted by Gasteiger charge is 2.36. The Balaban J connectivity index is 0.000000333. The van der Waals surface area contributed by atoms with Gasteiger partial charge in [-0.3, -0.25) is 9.69 Å². The summed E-state index contributed by atoms with van der Waals surface area (Å²) in [6.45, 7) is 11.8. The van der Waals surface area contributed by atoms with Gasteiger partial charge in [-0.15, -0.1) is 24.5 Å². The zero-order valence-electron chi connectivity index (χ0n) is 26.6. The van der Waals surface area contributed by atoms with E-state index in [1.54, 1.807) is 11.0 Å². The van der Waals surface area contributed by atoms with Crippen LogP contribution in [0, 0.1) is 23.0 Å². The lowest BCUT2D eigenvalue weighted by molar-refractivity contribution is -0.129. The maximum Gasteiger partial charge on any atom is 0.320 e. The number of benzene rings is 2. The lowest BCUT2D eigenvalue weighted by Crippen LogP contribution is -2.38. The van der Waals surface area contributed by atoms with Crippen LogP contribution in [-0.4, -0.2) is 76.8 Å². The summed E-state index contributed by atoms with van der Waals surface area (Å²) in [6.07, 6.45) is 3.07. The number of methoxy groups -OCH3 is 1. The number of fused-ring (bicyclic) bond motifs is 3. The van der Waals surface area contributed by atoms with Gasteiger partial charge >= 0.3 is 6.01 Å². The smallest absolute Gasteiger partial charge is 0.320 e. The number of nitrogen functional groups attached to an aromatic ring is 1. The molecule has 0 saturated carbocycles. The van der Waals surface area contributed by atoms with Crippen LogP contribution < -0.4 is 15.2 Å². The molecule has 3 aliphatic rings. The Hall–Kier alpha value is -4.41. The Bertz CT molecular complexity index is 1830. The van der Waals surface area contributed by atoms with E-state index in [1.807, 2.05) is 13.0 Å². The van der Waals surface area contributed by atoms with Crippen molar-refractivity contribution in [1.82, 2.24) is 19.8 Å². The minimum absolute atomic E-state index is 0.0502. The molecule has 7 rings (SSSR count). The number of nitrogens with zero attached hydrogens (tertiary/aromatic N) is 5. The van der Waals surface area contributed by atoms with Crippen LogP contribution in [0.1, 0.15) is 45.1 Å². The summed E-state index contributed by atoms with van der Waals surface area (Å²) in [5.74, 6) is -1.17. The van der Waals surface area contributed by atoms with Gasteiger partial charge in [-0.25, -0.2) is 13.2 Å². The Morgan fingerprint density at radius 2 is 1.89 bits per heavy atom. The van der Waals surface area contributed by atoms with Gasteiger partial charge in [0.2, 0.25) is 11.8 Å². The molecule has 1 amide bonds. The fraction of sp³-hybridized carbons (Fsp3) is 0.412. The molecule has 3 fully saturated rings. The third kappa shape index (κ3) is 6.44. The van der Waals surface area contributed by atoms with Crippen LogP contribution in [0.4, 0.5) is 18.2 Å². The highest BCUT2D eigenvalue weighted by Crippen LogP contribution is 2.43. The lowest BCUT2D eigenvalue weighted by Gasteiger charge is -2.24. The zero-order chi connectivity index (χ0) is 34.0. The molecule has 2 aromatic carbocycles. The molecule has 4 atom stereocenters. The molecule has 5 heterocycles. The number of nitrogens with two attached hydrogens (primary N) is 1. The Labute approximate surface area is 275 Å². The molecule has 0 aliphatic carbocycles. The van der Waals surface area contributed by atoms with Crippen molar-refractivity contribution in [2.24, 2.45) is 0 Å². The largest absolute Gasteiger partial charge is 0.471 e. The molecule has 3 saturated heterocycles. The first-order chi connectivity index (χ1) is 22.6. The average Bonchev–Trinajstić information content (AvgIpc) is 3.82. The summed E-state index contributed by atoms with van der Waals surface area (Å²) >= 11 is 0.941. The molecule has 4 aromatic rings. The van der Waals surface area contributed by atoms with Crippen LogP contribution in [0.15, 0.2) is 37.4 Å². The van der Waals surface area contributed by atoms with Gasteiger partial charge in [0, 0.05) is 43.4 Å². The first-order valence-corrected chi connectivity index (χ1v) is 16.2. The topological polar surface area (TPSA) is 118 Å². The van der Waals surface area contributed by atoms with Crippen LogP contribution in [0.3, 0.4) is 0 Å². The Morgan fingerprint density at radius 3 is 2.55 bits per heavy atom. The number of amides is 1. The molecular weight excluding hydrogens is 629 g/mol. The van der Waals surface area contributed by atoms with E-state index < -0.39 is 17.8 Å². The minimum Gasteiger partial charge on any atom is -0.471 e. The second-order valence-electron chi connectivity index (χ2n) is 11.6. The van der Waals surface area contributed by atoms with Gasteiger partial charge < -0.3 is 20.1 Å². The molecule has 0 spiro atoms. The predicted molar refractivity (Wildman–Crippen MR) is 177 cm³/mol. The lowest BCUT2D eigenvalue weighted by atomic mass is 9.97. The zero-order valence-corrected chi connectivity index (χ0v) is 27.4. The Morgan fingerprint density at radius 1 is 1.15 bits per heavy atom. The number of anilines is 1. The summed E-state index contributed by atoms with van der Waals surface area (Å²) in [5, 5.41) is 10.3. The van der Waals surface area contributed by atoms with Crippen LogP contribution in [-0.2, 0) is 4.79 Å². The number of carbonyl (C=O) groups excluding carboxylic acids is 1. The highest BCUT2D eigenvalue weighted by molar-refractivity contribution is 7.23. The average molecular weight is 667 g/mol. The molecule has 248 valence electrons. The molecule has 3 aliphatic heterocycles. The molecular formula is C34H37F3N6O3S. The first kappa shape index (κ1) is 33.9. The van der Waals surface area contributed by atoms with E-state index in [0.717, 1.165) is 24.3 Å². The van der Waals surface area contributed by atoms with Gasteiger partial charge in [-0.05, 0) is 50.4 Å². The maximum atomic E-state index is 16.0. The van der Waals surface area contributed by atoms with Crippen LogP contribution in [0.25, 0.3) is 32.1 Å². The van der Waals surface area contributed by atoms with Crippen LogP contribution >= 0.6 is 11.3 Å². The number of alkyl halides is 1. The van der Waals surface area contributed by atoms with E-state index >= 15 is 4.39 Å². The number of carbonyl (C=O) groups is 1. The second kappa shape index (κ2) is 14.1. The van der Waals surface area contributed by atoms with Crippen molar-refractivity contribution < 1.29 is 27.4 Å². The third-order valence-electron chi connectivity index (χ3n) is 8.96. The minimum atomic E-state index is -0.704. The quantitative estimate of drug-likeness (QED) is 0.241. The number of halogens is 3. The number of rotatable bonds is 4. The monoisotopic (exact) mass is 666 g/mol. The fourth-order valence-corrected chi connectivity index (χ4v) is 7.66. The van der Waals surface area contributed by atoms with Gasteiger partial charge in [-0.2, -0.15) is 15.2 Å². The second-order valence-corrected chi connectivity index (χ2v) is 12.7. The molecule has 4 unspecified atom stereocenters. The number of hydrogen-bond acceptors (Lipinski definition) is 9. The van der Waals surface area contributed by atoms with E-state index in [2.05, 4.69) is 28.0 Å². The van der Waals surface area contributed by atoms with E-state index in [4.69, 9.17) is 15.2 Å². The third-order valence-corrected chi connectivity index (χ3v) is 9.99. The van der Waals surface area contributed by atoms with Crippen molar-refractivity contribution in [3.63, 3.8) is 0 Å². The van der Waals surface area contributed by atoms with Gasteiger partial charge in [0.25, 0.3) is 0 Å². The molecule has 13 heteroatoms. The maximum absolute atomic E-state index is 16.0. The Kier molecular flexibility index (Phi) is 10.2. The number of nitriles is 1. The molecule has 2 aromatic heterocycles. The molecule has 2 N–H and O–H groups in total. The molecule has 9 nitrogen and oxygen atoms in total. The van der Waals surface area contributed by atoms with E-state index in [1.165, 1.54) is 45.1 Å². The van der Waals surface area contributed by atoms with Crippen molar-refractivity contribution in [2.75, 3.05) is 32.5 Å². The fourth-order valence-electron chi connectivity index (χ4n) is 6.71. The van der Waals surface area contributed by atoms with Crippen molar-refractivity contribution in [1.29, 1.82) is 5.26 Å². The summed E-state index contributed by atoms with van der Waals surface area (Å²) in [5.41, 5.74) is 6.42. The normalized spacial score (nSPS) is 21.9. The van der Waals surface area contributed by atoms with E-state index in [0.29, 0.717) is 36.5 Å². The number of thiophene rings is 1. The number of ether oxygens (including phenoxy) is 2. The van der Waals surface area contributed by atoms with E-state index in [-0.39, 0.29) is 61.7 Å². The molecule has 47 heavy (non-hydrogen) atoms. The number of likely N-dealkylation sites (tertiary alicyclic amines) is 1. The van der Waals surface area contributed by atoms with Crippen molar-refractivity contribution in [2.45, 2.75) is 63.9 Å². The SMILES string of the molecule is C=C.COc1nc(OC2CCN(C(C)=O)C2C)c2ccc(-c3ccc(F)c4sc(N)c(C#N)c34)c(F)c2n1.FC1CC2CCCN2C1. The van der Waals surface area contributed by atoms with E-state index in [9.17, 15) is 18.8 Å². The molecule has 0 radical (unpaired) electrons. The number of aromatic nitrogens is 2. The standard InChI is InChI=1S/C25H21F2N5O3S.C7H12FN.C2H4/c1-11-18(8-9-32(11)12(2)33)35-24-15-5-4-14(20(27)21(15)30-25(31-24)34-3)13-6-7-17(26)22-19(13)16(10-28)23(29)36-22;8-6-4-7-2-1-3-9(7)5-6;1-2/h4-7,11,18H,8-9,29H2,1-3H3;6-7H,1-5H2;1-2H2. The summed E-state index contributed by atoms with van der Waals surface area (Å²) < 4.78 is 54.6.